The van der Waals surface area contributed by atoms with Crippen molar-refractivity contribution < 1.29 is 4.79 Å². The van der Waals surface area contributed by atoms with Crippen molar-refractivity contribution in [2.45, 2.75) is 56.4 Å². The number of nitrogens with two attached hydrogens (primary N) is 1. The molecule has 3 fully saturated rings. The normalized spacial score (nSPS) is 32.4. The lowest BCUT2D eigenvalue weighted by atomic mass is 9.72. The molecule has 3 nitrogen and oxygen atoms in total. The average Bonchev–Trinajstić information content (AvgIpc) is 3.26. The fourth-order valence-electron chi connectivity index (χ4n) is 5.05. The van der Waals surface area contributed by atoms with E-state index in [1.807, 2.05) is 0 Å². The van der Waals surface area contributed by atoms with Crippen LogP contribution in [0.15, 0.2) is 17.5 Å². The molecule has 2 aliphatic carbocycles. The topological polar surface area (TPSA) is 46.3 Å². The molecule has 1 amide bonds. The Hall–Kier alpha value is -0.580. The highest BCUT2D eigenvalue weighted by atomic mass is 35.5. The van der Waals surface area contributed by atoms with Gasteiger partial charge in [-0.3, -0.25) is 4.79 Å². The first kappa shape index (κ1) is 17.2. The minimum absolute atomic E-state index is 0. The van der Waals surface area contributed by atoms with Gasteiger partial charge in [-0.2, -0.15) is 0 Å². The number of likely N-dealkylation sites (tertiary alicyclic amines) is 1. The summed E-state index contributed by atoms with van der Waals surface area (Å²) in [5, 5.41) is 2.12. The van der Waals surface area contributed by atoms with E-state index in [0.717, 1.165) is 32.4 Å². The van der Waals surface area contributed by atoms with Crippen LogP contribution in [0.5, 0.6) is 0 Å². The Morgan fingerprint density at radius 2 is 2.00 bits per heavy atom. The number of thiophene rings is 1. The molecule has 1 saturated heterocycles. The molecule has 0 aromatic carbocycles. The number of fused-ring (bicyclic) bond motifs is 1. The van der Waals surface area contributed by atoms with Gasteiger partial charge < -0.3 is 10.6 Å². The number of hydrogen-bond donors (Lipinski definition) is 1. The number of amides is 1. The van der Waals surface area contributed by atoms with Crippen LogP contribution in [0.1, 0.15) is 49.8 Å². The maximum atomic E-state index is 13.5. The number of hydrogen-bond acceptors (Lipinski definition) is 3. The van der Waals surface area contributed by atoms with Crippen LogP contribution in [-0.2, 0) is 10.2 Å². The van der Waals surface area contributed by atoms with Crippen molar-refractivity contribution in [2.75, 3.05) is 13.1 Å². The monoisotopic (exact) mass is 354 g/mol. The van der Waals surface area contributed by atoms with Gasteiger partial charge in [-0.1, -0.05) is 25.3 Å². The lowest BCUT2D eigenvalue weighted by Gasteiger charge is -2.38. The Labute approximate surface area is 149 Å². The first-order valence-electron chi connectivity index (χ1n) is 8.80. The molecule has 0 bridgehead atoms. The third kappa shape index (κ3) is 2.83. The molecule has 3 aliphatic rings. The van der Waals surface area contributed by atoms with E-state index in [2.05, 4.69) is 22.4 Å². The zero-order valence-corrected chi connectivity index (χ0v) is 15.2. The van der Waals surface area contributed by atoms with Crippen molar-refractivity contribution in [2.24, 2.45) is 17.6 Å². The first-order valence-corrected chi connectivity index (χ1v) is 9.68. The van der Waals surface area contributed by atoms with E-state index in [0.29, 0.717) is 23.8 Å². The summed E-state index contributed by atoms with van der Waals surface area (Å²) in [7, 11) is 0. The molecule has 2 heterocycles. The van der Waals surface area contributed by atoms with Gasteiger partial charge in [0.05, 0.1) is 5.41 Å². The molecular formula is C18H27ClN2OS. The van der Waals surface area contributed by atoms with Gasteiger partial charge in [-0.25, -0.2) is 0 Å². The maximum absolute atomic E-state index is 13.5. The van der Waals surface area contributed by atoms with Gasteiger partial charge in [0, 0.05) is 24.0 Å². The molecule has 3 atom stereocenters. The van der Waals surface area contributed by atoms with Crippen LogP contribution in [0.2, 0.25) is 0 Å². The summed E-state index contributed by atoms with van der Waals surface area (Å²) < 4.78 is 0. The van der Waals surface area contributed by atoms with Gasteiger partial charge in [0.2, 0.25) is 5.91 Å². The van der Waals surface area contributed by atoms with Crippen molar-refractivity contribution >= 4 is 29.7 Å². The minimum Gasteiger partial charge on any atom is -0.341 e. The molecule has 1 aliphatic heterocycles. The third-order valence-electron chi connectivity index (χ3n) is 6.31. The Morgan fingerprint density at radius 3 is 2.65 bits per heavy atom. The molecule has 23 heavy (non-hydrogen) atoms. The van der Waals surface area contributed by atoms with E-state index in [1.54, 1.807) is 11.3 Å². The highest BCUT2D eigenvalue weighted by Gasteiger charge is 2.49. The Balaban J connectivity index is 0.00000156. The molecule has 0 spiro atoms. The minimum atomic E-state index is -0.227. The van der Waals surface area contributed by atoms with E-state index in [4.69, 9.17) is 5.73 Å². The Kier molecular flexibility index (Phi) is 5.05. The van der Waals surface area contributed by atoms with Crippen LogP contribution in [0.25, 0.3) is 0 Å². The zero-order valence-electron chi connectivity index (χ0n) is 13.6. The number of carbonyl (C=O) groups is 1. The quantitative estimate of drug-likeness (QED) is 0.882. The largest absolute Gasteiger partial charge is 0.341 e. The van der Waals surface area contributed by atoms with Crippen LogP contribution < -0.4 is 5.73 Å². The molecule has 4 rings (SSSR count). The molecule has 2 N–H and O–H groups in total. The number of carbonyl (C=O) groups excluding carboxylic acids is 1. The van der Waals surface area contributed by atoms with Crippen LogP contribution in [0.4, 0.5) is 0 Å². The summed E-state index contributed by atoms with van der Waals surface area (Å²) in [4.78, 5) is 16.9. The molecule has 3 unspecified atom stereocenters. The lowest BCUT2D eigenvalue weighted by molar-refractivity contribution is -0.138. The number of halogens is 1. The lowest BCUT2D eigenvalue weighted by Crippen LogP contribution is -2.47. The van der Waals surface area contributed by atoms with Crippen molar-refractivity contribution in [3.8, 4) is 0 Å². The molecule has 0 radical (unpaired) electrons. The summed E-state index contributed by atoms with van der Waals surface area (Å²) in [5.41, 5.74) is 6.03. The molecule has 1 aromatic heterocycles. The molecule has 128 valence electrons. The van der Waals surface area contributed by atoms with Crippen molar-refractivity contribution in [1.29, 1.82) is 0 Å². The zero-order chi connectivity index (χ0) is 15.2. The predicted octanol–water partition coefficient (Wildman–Crippen LogP) is 3.57. The van der Waals surface area contributed by atoms with Crippen molar-refractivity contribution in [1.82, 2.24) is 4.90 Å². The van der Waals surface area contributed by atoms with Gasteiger partial charge in [-0.15, -0.1) is 23.7 Å². The highest BCUT2D eigenvalue weighted by Crippen LogP contribution is 2.45. The van der Waals surface area contributed by atoms with Crippen LogP contribution in [0, 0.1) is 11.8 Å². The first-order chi connectivity index (χ1) is 10.7. The van der Waals surface area contributed by atoms with E-state index < -0.39 is 0 Å². The van der Waals surface area contributed by atoms with Crippen LogP contribution in [-0.4, -0.2) is 29.9 Å². The highest BCUT2D eigenvalue weighted by molar-refractivity contribution is 7.10. The van der Waals surface area contributed by atoms with E-state index in [-0.39, 0.29) is 17.8 Å². The van der Waals surface area contributed by atoms with Gasteiger partial charge in [0.1, 0.15) is 0 Å². The predicted molar refractivity (Wildman–Crippen MR) is 97.1 cm³/mol. The average molecular weight is 355 g/mol. The van der Waals surface area contributed by atoms with Gasteiger partial charge in [-0.05, 0) is 49.0 Å². The second-order valence-corrected chi connectivity index (χ2v) is 8.44. The second kappa shape index (κ2) is 6.73. The molecule has 1 aromatic rings. The summed E-state index contributed by atoms with van der Waals surface area (Å²) in [5.74, 6) is 1.60. The van der Waals surface area contributed by atoms with E-state index in [9.17, 15) is 4.79 Å². The number of rotatable bonds is 2. The van der Waals surface area contributed by atoms with Crippen molar-refractivity contribution in [3.05, 3.63) is 22.4 Å². The van der Waals surface area contributed by atoms with E-state index in [1.165, 1.54) is 30.6 Å². The SMILES string of the molecule is Cl.NC1CCC2CN(C(=O)C3(c4cccs4)CCCCC3)CC12. The van der Waals surface area contributed by atoms with Crippen molar-refractivity contribution in [3.63, 3.8) is 0 Å². The Morgan fingerprint density at radius 1 is 1.22 bits per heavy atom. The number of nitrogens with zero attached hydrogens (tertiary/aromatic N) is 1. The molecular weight excluding hydrogens is 328 g/mol. The summed E-state index contributed by atoms with van der Waals surface area (Å²) in [6.07, 6.45) is 8.06. The second-order valence-electron chi connectivity index (χ2n) is 7.50. The third-order valence-corrected chi connectivity index (χ3v) is 7.38. The summed E-state index contributed by atoms with van der Waals surface area (Å²) >= 11 is 1.77. The molecule has 2 saturated carbocycles. The van der Waals surface area contributed by atoms with Gasteiger partial charge >= 0.3 is 0 Å². The Bertz CT molecular complexity index is 541. The summed E-state index contributed by atoms with van der Waals surface area (Å²) in [6.45, 7) is 1.85. The summed E-state index contributed by atoms with van der Waals surface area (Å²) in [6, 6.07) is 4.58. The van der Waals surface area contributed by atoms with Gasteiger partial charge in [0.15, 0.2) is 0 Å². The fourth-order valence-corrected chi connectivity index (χ4v) is 6.03. The fraction of sp³-hybridized carbons (Fsp3) is 0.722. The van der Waals surface area contributed by atoms with E-state index >= 15 is 0 Å². The molecule has 5 heteroatoms. The smallest absolute Gasteiger partial charge is 0.234 e. The van der Waals surface area contributed by atoms with Crippen LogP contribution in [0.3, 0.4) is 0 Å². The maximum Gasteiger partial charge on any atom is 0.234 e. The van der Waals surface area contributed by atoms with Gasteiger partial charge in [0.25, 0.3) is 0 Å². The standard InChI is InChI=1S/C18H26N2OS.ClH/c19-15-7-6-13-11-20(12-14(13)15)17(21)18(8-2-1-3-9-18)16-5-4-10-22-16;/h4-5,10,13-15H,1-3,6-9,11-12,19H2;1H. The van der Waals surface area contributed by atoms with Crippen LogP contribution >= 0.6 is 23.7 Å².